The second-order valence-electron chi connectivity index (χ2n) is 4.56. The fourth-order valence-electron chi connectivity index (χ4n) is 2.17. The molecule has 104 valence electrons. The highest BCUT2D eigenvalue weighted by atomic mass is 35.5. The third kappa shape index (κ3) is 3.16. The topological polar surface area (TPSA) is 54.5 Å². The maximum absolute atomic E-state index is 12.5. The average molecular weight is 284 g/mol. The van der Waals surface area contributed by atoms with Crippen LogP contribution < -0.4 is 5.32 Å². The summed E-state index contributed by atoms with van der Waals surface area (Å²) in [7, 11) is 3.57. The van der Waals surface area contributed by atoms with Gasteiger partial charge in [-0.1, -0.05) is 11.6 Å². The van der Waals surface area contributed by atoms with Crippen molar-refractivity contribution in [1.29, 1.82) is 0 Å². The molecule has 0 aliphatic carbocycles. The van der Waals surface area contributed by atoms with Crippen molar-refractivity contribution in [2.24, 2.45) is 0 Å². The normalized spacial score (nSPS) is 16.2. The first-order chi connectivity index (χ1) is 9.13. The zero-order valence-corrected chi connectivity index (χ0v) is 11.9. The molecule has 2 rings (SSSR count). The van der Waals surface area contributed by atoms with E-state index in [0.717, 1.165) is 12.8 Å². The maximum Gasteiger partial charge on any atom is 0.255 e. The Kier molecular flexibility index (Phi) is 4.61. The number of pyridine rings is 1. The van der Waals surface area contributed by atoms with Crippen molar-refractivity contribution in [3.8, 4) is 0 Å². The van der Waals surface area contributed by atoms with Crippen molar-refractivity contribution in [3.63, 3.8) is 0 Å². The molecule has 19 heavy (non-hydrogen) atoms. The lowest BCUT2D eigenvalue weighted by molar-refractivity contribution is 0.0362. The van der Waals surface area contributed by atoms with E-state index in [-0.39, 0.29) is 11.9 Å². The van der Waals surface area contributed by atoms with E-state index in [1.165, 1.54) is 6.20 Å². The molecule has 0 aromatic carbocycles. The second kappa shape index (κ2) is 6.21. The monoisotopic (exact) mass is 283 g/mol. The Morgan fingerprint density at radius 2 is 2.21 bits per heavy atom. The molecule has 1 aromatic rings. The van der Waals surface area contributed by atoms with E-state index < -0.39 is 0 Å². The van der Waals surface area contributed by atoms with Crippen LogP contribution in [0.5, 0.6) is 0 Å². The van der Waals surface area contributed by atoms with Gasteiger partial charge < -0.3 is 15.0 Å². The smallest absolute Gasteiger partial charge is 0.255 e. The van der Waals surface area contributed by atoms with Gasteiger partial charge in [-0.2, -0.15) is 0 Å². The van der Waals surface area contributed by atoms with Crippen LogP contribution in [-0.4, -0.2) is 49.1 Å². The van der Waals surface area contributed by atoms with Crippen molar-refractivity contribution < 1.29 is 9.53 Å². The highest BCUT2D eigenvalue weighted by Crippen LogP contribution is 2.22. The Morgan fingerprint density at radius 1 is 1.53 bits per heavy atom. The molecule has 1 aliphatic heterocycles. The van der Waals surface area contributed by atoms with Crippen LogP contribution in [0.15, 0.2) is 12.3 Å². The molecule has 0 unspecified atom stereocenters. The van der Waals surface area contributed by atoms with Crippen LogP contribution in [0.3, 0.4) is 0 Å². The van der Waals surface area contributed by atoms with Crippen LogP contribution in [0.25, 0.3) is 0 Å². The largest absolute Gasteiger partial charge is 0.381 e. The zero-order valence-electron chi connectivity index (χ0n) is 11.1. The summed E-state index contributed by atoms with van der Waals surface area (Å²) in [4.78, 5) is 18.3. The van der Waals surface area contributed by atoms with Crippen LogP contribution in [0.2, 0.25) is 5.02 Å². The third-order valence-electron chi connectivity index (χ3n) is 3.40. The number of hydrogen-bond acceptors (Lipinski definition) is 4. The summed E-state index contributed by atoms with van der Waals surface area (Å²) in [6, 6.07) is 1.89. The zero-order chi connectivity index (χ0) is 13.8. The minimum Gasteiger partial charge on any atom is -0.381 e. The third-order valence-corrected chi connectivity index (χ3v) is 3.70. The number of ether oxygens (including phenoxy) is 1. The molecule has 0 radical (unpaired) electrons. The Balaban J connectivity index is 2.18. The lowest BCUT2D eigenvalue weighted by atomic mass is 10.1. The van der Waals surface area contributed by atoms with Crippen LogP contribution in [0.1, 0.15) is 23.2 Å². The molecule has 1 N–H and O–H groups in total. The number of halogens is 1. The van der Waals surface area contributed by atoms with Crippen LogP contribution >= 0.6 is 11.6 Å². The standard InChI is InChI=1S/C13H18ClN3O2/c1-15-12-7-10(11(14)8-16-12)13(18)17(2)9-3-5-19-6-4-9/h7-9H,3-6H2,1-2H3,(H,15,16). The second-order valence-corrected chi connectivity index (χ2v) is 4.97. The number of nitrogens with one attached hydrogen (secondary N) is 1. The predicted molar refractivity (Wildman–Crippen MR) is 74.7 cm³/mol. The lowest BCUT2D eigenvalue weighted by Crippen LogP contribution is -2.40. The lowest BCUT2D eigenvalue weighted by Gasteiger charge is -2.31. The number of anilines is 1. The fraction of sp³-hybridized carbons (Fsp3) is 0.538. The first-order valence-corrected chi connectivity index (χ1v) is 6.69. The molecule has 6 heteroatoms. The van der Waals surface area contributed by atoms with Crippen LogP contribution in [0.4, 0.5) is 5.82 Å². The van der Waals surface area contributed by atoms with Crippen LogP contribution in [-0.2, 0) is 4.74 Å². The molecule has 1 aromatic heterocycles. The van der Waals surface area contributed by atoms with Gasteiger partial charge in [0, 0.05) is 39.5 Å². The van der Waals surface area contributed by atoms with Crippen molar-refractivity contribution in [2.45, 2.75) is 18.9 Å². The van der Waals surface area contributed by atoms with Gasteiger partial charge in [-0.25, -0.2) is 4.98 Å². The Bertz CT molecular complexity index is 461. The molecule has 1 aliphatic rings. The fourth-order valence-corrected chi connectivity index (χ4v) is 2.35. The van der Waals surface area contributed by atoms with E-state index in [0.29, 0.717) is 29.6 Å². The SMILES string of the molecule is CNc1cc(C(=O)N(C)C2CCOCC2)c(Cl)cn1. The van der Waals surface area contributed by atoms with E-state index in [4.69, 9.17) is 16.3 Å². The summed E-state index contributed by atoms with van der Waals surface area (Å²) in [6.07, 6.45) is 3.23. The van der Waals surface area contributed by atoms with Crippen molar-refractivity contribution in [3.05, 3.63) is 22.8 Å². The molecule has 1 fully saturated rings. The van der Waals surface area contributed by atoms with Gasteiger partial charge in [0.2, 0.25) is 0 Å². The molecule has 5 nitrogen and oxygen atoms in total. The number of amides is 1. The van der Waals surface area contributed by atoms with E-state index >= 15 is 0 Å². The highest BCUT2D eigenvalue weighted by molar-refractivity contribution is 6.33. The number of nitrogens with zero attached hydrogens (tertiary/aromatic N) is 2. The Hall–Kier alpha value is -1.33. The van der Waals surface area contributed by atoms with Gasteiger partial charge >= 0.3 is 0 Å². The van der Waals surface area contributed by atoms with Gasteiger partial charge in [0.1, 0.15) is 5.82 Å². The van der Waals surface area contributed by atoms with Crippen molar-refractivity contribution >= 4 is 23.3 Å². The summed E-state index contributed by atoms with van der Waals surface area (Å²) in [5.74, 6) is 0.559. The Morgan fingerprint density at radius 3 is 2.84 bits per heavy atom. The van der Waals surface area contributed by atoms with E-state index in [2.05, 4.69) is 10.3 Å². The molecular formula is C13H18ClN3O2. The molecule has 2 heterocycles. The van der Waals surface area contributed by atoms with Gasteiger partial charge in [0.25, 0.3) is 5.91 Å². The summed E-state index contributed by atoms with van der Waals surface area (Å²) < 4.78 is 5.31. The molecule has 1 amide bonds. The maximum atomic E-state index is 12.5. The summed E-state index contributed by atoms with van der Waals surface area (Å²) in [5, 5.41) is 3.29. The van der Waals surface area contributed by atoms with Crippen molar-refractivity contribution in [1.82, 2.24) is 9.88 Å². The van der Waals surface area contributed by atoms with Gasteiger partial charge in [0.15, 0.2) is 0 Å². The number of hydrogen-bond donors (Lipinski definition) is 1. The van der Waals surface area contributed by atoms with Gasteiger partial charge in [-0.3, -0.25) is 4.79 Å². The number of rotatable bonds is 3. The first kappa shape index (κ1) is 14.1. The Labute approximate surface area is 117 Å². The minimum atomic E-state index is -0.0733. The number of aromatic nitrogens is 1. The minimum absolute atomic E-state index is 0.0733. The average Bonchev–Trinajstić information content (AvgIpc) is 2.47. The first-order valence-electron chi connectivity index (χ1n) is 6.31. The van der Waals surface area contributed by atoms with Gasteiger partial charge in [0.05, 0.1) is 10.6 Å². The van der Waals surface area contributed by atoms with Crippen molar-refractivity contribution in [2.75, 3.05) is 32.6 Å². The molecule has 1 saturated heterocycles. The molecule has 0 bridgehead atoms. The molecular weight excluding hydrogens is 266 g/mol. The highest BCUT2D eigenvalue weighted by Gasteiger charge is 2.25. The molecule has 0 saturated carbocycles. The summed E-state index contributed by atoms with van der Waals surface area (Å²) >= 11 is 6.07. The van der Waals surface area contributed by atoms with E-state index in [1.54, 1.807) is 18.0 Å². The molecule has 0 atom stereocenters. The van der Waals surface area contributed by atoms with E-state index in [1.807, 2.05) is 7.05 Å². The quantitative estimate of drug-likeness (QED) is 0.922. The van der Waals surface area contributed by atoms with Gasteiger partial charge in [-0.05, 0) is 18.9 Å². The summed E-state index contributed by atoms with van der Waals surface area (Å²) in [6.45, 7) is 1.41. The van der Waals surface area contributed by atoms with E-state index in [9.17, 15) is 4.79 Å². The summed E-state index contributed by atoms with van der Waals surface area (Å²) in [5.41, 5.74) is 0.481. The number of carbonyl (C=O) groups excluding carboxylic acids is 1. The number of carbonyl (C=O) groups is 1. The van der Waals surface area contributed by atoms with Crippen LogP contribution in [0, 0.1) is 0 Å². The van der Waals surface area contributed by atoms with Gasteiger partial charge in [-0.15, -0.1) is 0 Å². The predicted octanol–water partition coefficient (Wildman–Crippen LogP) is 2.03. The molecule has 0 spiro atoms.